The molecule has 0 aliphatic heterocycles. The Hall–Kier alpha value is -0.590. The van der Waals surface area contributed by atoms with Crippen molar-refractivity contribution in [3.05, 3.63) is 19.1 Å². The molecule has 0 aromatic carbocycles. The molecule has 0 aliphatic rings. The van der Waals surface area contributed by atoms with E-state index in [1.54, 1.807) is 6.92 Å². The smallest absolute Gasteiger partial charge is 0.155 e. The van der Waals surface area contributed by atoms with Crippen LogP contribution in [0.4, 0.5) is 0 Å². The maximum absolute atomic E-state index is 10.6. The summed E-state index contributed by atoms with van der Waals surface area (Å²) < 4.78 is 0. The summed E-state index contributed by atoms with van der Waals surface area (Å²) in [7, 11) is 0. The summed E-state index contributed by atoms with van der Waals surface area (Å²) in [4.78, 5) is 10.6. The SMILES string of the molecule is C.C=C(C)C(=O)CC[CH2-]. The fraction of sp³-hybridized carbons (Fsp3) is 0.500. The molecule has 1 heteroatoms. The summed E-state index contributed by atoms with van der Waals surface area (Å²) in [5.74, 6) is 0.125. The quantitative estimate of drug-likeness (QED) is 0.420. The van der Waals surface area contributed by atoms with Crippen LogP contribution in [0, 0.1) is 6.92 Å². The second-order valence-electron chi connectivity index (χ2n) is 1.81. The summed E-state index contributed by atoms with van der Waals surface area (Å²) in [6, 6.07) is 0. The van der Waals surface area contributed by atoms with E-state index < -0.39 is 0 Å². The zero-order chi connectivity index (χ0) is 6.57. The summed E-state index contributed by atoms with van der Waals surface area (Å²) in [6.45, 7) is 8.76. The van der Waals surface area contributed by atoms with Gasteiger partial charge in [-0.3, -0.25) is 4.79 Å². The van der Waals surface area contributed by atoms with Gasteiger partial charge in [0.05, 0.1) is 0 Å². The lowest BCUT2D eigenvalue weighted by Crippen LogP contribution is -1.95. The molecule has 0 N–H and O–H groups in total. The summed E-state index contributed by atoms with van der Waals surface area (Å²) >= 11 is 0. The summed E-state index contributed by atoms with van der Waals surface area (Å²) in [5, 5.41) is 0. The van der Waals surface area contributed by atoms with Crippen LogP contribution in [-0.2, 0) is 4.79 Å². The summed E-state index contributed by atoms with van der Waals surface area (Å²) in [6.07, 6.45) is 1.21. The van der Waals surface area contributed by atoms with E-state index in [2.05, 4.69) is 13.5 Å². The minimum absolute atomic E-state index is 0. The molecule has 0 saturated carbocycles. The minimum Gasteiger partial charge on any atom is -0.343 e. The Bertz CT molecular complexity index is 103. The van der Waals surface area contributed by atoms with Gasteiger partial charge in [-0.05, 0) is 18.9 Å². The highest BCUT2D eigenvalue weighted by molar-refractivity contribution is 5.94. The lowest BCUT2D eigenvalue weighted by molar-refractivity contribution is -0.115. The standard InChI is InChI=1S/C7H11O.CH4/c1-4-5-7(8)6(2)3;/h1-2,4-5H2,3H3;1H4/q-1;. The molecule has 0 unspecified atom stereocenters. The van der Waals surface area contributed by atoms with Crippen LogP contribution in [0.25, 0.3) is 0 Å². The Morgan fingerprint density at radius 2 is 2.11 bits per heavy atom. The second-order valence-corrected chi connectivity index (χ2v) is 1.81. The largest absolute Gasteiger partial charge is 0.343 e. The molecule has 0 spiro atoms. The Morgan fingerprint density at radius 1 is 1.67 bits per heavy atom. The normalized spacial score (nSPS) is 7.78. The molecule has 9 heavy (non-hydrogen) atoms. The Morgan fingerprint density at radius 3 is 2.22 bits per heavy atom. The number of ketones is 1. The van der Waals surface area contributed by atoms with Gasteiger partial charge in [-0.2, -0.15) is 6.42 Å². The summed E-state index contributed by atoms with van der Waals surface area (Å²) in [5.41, 5.74) is 0.633. The van der Waals surface area contributed by atoms with E-state index in [0.29, 0.717) is 18.4 Å². The first-order valence-electron chi connectivity index (χ1n) is 2.66. The highest BCUT2D eigenvalue weighted by Gasteiger charge is 1.94. The van der Waals surface area contributed by atoms with Crippen molar-refractivity contribution in [3.63, 3.8) is 0 Å². The van der Waals surface area contributed by atoms with Crippen molar-refractivity contribution >= 4 is 5.78 Å². The van der Waals surface area contributed by atoms with Crippen LogP contribution < -0.4 is 0 Å². The van der Waals surface area contributed by atoms with Gasteiger partial charge in [0.15, 0.2) is 5.78 Å². The molecule has 0 aromatic heterocycles. The molecular weight excluding hydrogens is 112 g/mol. The first-order valence-corrected chi connectivity index (χ1v) is 2.66. The van der Waals surface area contributed by atoms with Crippen LogP contribution in [0.3, 0.4) is 0 Å². The maximum atomic E-state index is 10.6. The number of carbonyl (C=O) groups is 1. The molecule has 0 aliphatic carbocycles. The molecule has 0 saturated heterocycles. The number of Topliss-reactive ketones (excluding diaryl/α,β-unsaturated/α-hetero) is 1. The number of rotatable bonds is 3. The van der Waals surface area contributed by atoms with Crippen molar-refractivity contribution in [2.75, 3.05) is 0 Å². The third-order valence-electron chi connectivity index (χ3n) is 0.880. The Balaban J connectivity index is 0. The van der Waals surface area contributed by atoms with Gasteiger partial charge in [0.2, 0.25) is 0 Å². The average Bonchev–Trinajstić information content (AvgIpc) is 1.67. The Kier molecular flexibility index (Phi) is 6.92. The predicted octanol–water partition coefficient (Wildman–Crippen LogP) is 2.38. The molecular formula is C8H15O-. The van der Waals surface area contributed by atoms with Crippen molar-refractivity contribution in [2.24, 2.45) is 0 Å². The third kappa shape index (κ3) is 5.28. The lowest BCUT2D eigenvalue weighted by Gasteiger charge is -1.95. The second kappa shape index (κ2) is 5.54. The highest BCUT2D eigenvalue weighted by atomic mass is 16.1. The van der Waals surface area contributed by atoms with Crippen molar-refractivity contribution in [2.45, 2.75) is 27.2 Å². The monoisotopic (exact) mass is 127 g/mol. The molecule has 0 amide bonds. The molecule has 0 bridgehead atoms. The van der Waals surface area contributed by atoms with Crippen LogP contribution in [0.15, 0.2) is 12.2 Å². The molecule has 0 rings (SSSR count). The molecule has 0 radical (unpaired) electrons. The molecule has 0 aromatic rings. The molecule has 0 heterocycles. The third-order valence-corrected chi connectivity index (χ3v) is 0.880. The van der Waals surface area contributed by atoms with Gasteiger partial charge >= 0.3 is 0 Å². The first-order chi connectivity index (χ1) is 3.68. The molecule has 54 valence electrons. The van der Waals surface area contributed by atoms with Crippen molar-refractivity contribution < 1.29 is 4.79 Å². The van der Waals surface area contributed by atoms with Gasteiger partial charge in [0.25, 0.3) is 0 Å². The zero-order valence-corrected chi connectivity index (χ0v) is 5.24. The van der Waals surface area contributed by atoms with Gasteiger partial charge in [-0.15, -0.1) is 0 Å². The van der Waals surface area contributed by atoms with Gasteiger partial charge in [0.1, 0.15) is 0 Å². The predicted molar refractivity (Wildman–Crippen MR) is 41.1 cm³/mol. The number of allylic oxidation sites excluding steroid dienone is 1. The minimum atomic E-state index is 0. The van der Waals surface area contributed by atoms with E-state index in [0.717, 1.165) is 0 Å². The lowest BCUT2D eigenvalue weighted by atomic mass is 10.1. The topological polar surface area (TPSA) is 17.1 Å². The average molecular weight is 127 g/mol. The van der Waals surface area contributed by atoms with Crippen LogP contribution in [0.1, 0.15) is 27.2 Å². The number of hydrogen-bond donors (Lipinski definition) is 0. The molecule has 0 fully saturated rings. The Labute approximate surface area is 57.8 Å². The van der Waals surface area contributed by atoms with Crippen LogP contribution in [0.5, 0.6) is 0 Å². The van der Waals surface area contributed by atoms with Gasteiger partial charge in [-0.1, -0.05) is 14.0 Å². The van der Waals surface area contributed by atoms with E-state index >= 15 is 0 Å². The number of hydrogen-bond acceptors (Lipinski definition) is 1. The van der Waals surface area contributed by atoms with Crippen molar-refractivity contribution in [1.82, 2.24) is 0 Å². The fourth-order valence-electron chi connectivity index (χ4n) is 0.374. The van der Waals surface area contributed by atoms with Crippen LogP contribution >= 0.6 is 0 Å². The van der Waals surface area contributed by atoms with Crippen molar-refractivity contribution in [1.29, 1.82) is 0 Å². The maximum Gasteiger partial charge on any atom is 0.155 e. The van der Waals surface area contributed by atoms with E-state index in [1.165, 1.54) is 0 Å². The van der Waals surface area contributed by atoms with E-state index in [-0.39, 0.29) is 13.2 Å². The van der Waals surface area contributed by atoms with Crippen LogP contribution in [-0.4, -0.2) is 5.78 Å². The number of carbonyl (C=O) groups excluding carboxylic acids is 1. The highest BCUT2D eigenvalue weighted by Crippen LogP contribution is 1.96. The molecule has 0 atom stereocenters. The molecule has 1 nitrogen and oxygen atoms in total. The van der Waals surface area contributed by atoms with Gasteiger partial charge < -0.3 is 6.92 Å². The van der Waals surface area contributed by atoms with Gasteiger partial charge in [-0.25, -0.2) is 0 Å². The van der Waals surface area contributed by atoms with E-state index in [9.17, 15) is 4.79 Å². The van der Waals surface area contributed by atoms with Crippen molar-refractivity contribution in [3.8, 4) is 0 Å². The van der Waals surface area contributed by atoms with E-state index in [1.807, 2.05) is 0 Å². The fourth-order valence-corrected chi connectivity index (χ4v) is 0.374. The first kappa shape index (κ1) is 11.2. The zero-order valence-electron chi connectivity index (χ0n) is 5.24. The van der Waals surface area contributed by atoms with Gasteiger partial charge in [0, 0.05) is 0 Å². The van der Waals surface area contributed by atoms with Crippen LogP contribution in [0.2, 0.25) is 0 Å². The van der Waals surface area contributed by atoms with E-state index in [4.69, 9.17) is 0 Å².